The predicted molar refractivity (Wildman–Crippen MR) is 131 cm³/mol. The SMILES string of the molecule is CC(C)N1Cc2c(nc(N3CCN(C)C(=O)C3)nc2N(C)Cc2cc3ccccc3cn2)C1=O. The van der Waals surface area contributed by atoms with E-state index in [1.165, 1.54) is 0 Å². The summed E-state index contributed by atoms with van der Waals surface area (Å²) in [7, 11) is 3.75. The molecule has 9 nitrogen and oxygen atoms in total. The second-order valence-corrected chi connectivity index (χ2v) is 9.32. The summed E-state index contributed by atoms with van der Waals surface area (Å²) < 4.78 is 0. The Morgan fingerprint density at radius 3 is 2.56 bits per heavy atom. The van der Waals surface area contributed by atoms with Gasteiger partial charge in [0.1, 0.15) is 11.5 Å². The number of benzene rings is 1. The molecule has 0 bridgehead atoms. The molecule has 4 heterocycles. The molecule has 1 fully saturated rings. The first-order valence-electron chi connectivity index (χ1n) is 11.6. The Morgan fingerprint density at radius 1 is 1.06 bits per heavy atom. The fourth-order valence-corrected chi connectivity index (χ4v) is 4.50. The van der Waals surface area contributed by atoms with Crippen LogP contribution in [0.1, 0.15) is 35.6 Å². The van der Waals surface area contributed by atoms with E-state index in [-0.39, 0.29) is 24.4 Å². The van der Waals surface area contributed by atoms with Crippen molar-refractivity contribution in [3.63, 3.8) is 0 Å². The van der Waals surface area contributed by atoms with E-state index in [9.17, 15) is 9.59 Å². The Labute approximate surface area is 199 Å². The number of fused-ring (bicyclic) bond motifs is 2. The highest BCUT2D eigenvalue weighted by atomic mass is 16.2. The number of nitrogens with zero attached hydrogens (tertiary/aromatic N) is 7. The van der Waals surface area contributed by atoms with Crippen LogP contribution in [-0.2, 0) is 17.9 Å². The smallest absolute Gasteiger partial charge is 0.273 e. The Morgan fingerprint density at radius 2 is 1.82 bits per heavy atom. The highest BCUT2D eigenvalue weighted by Crippen LogP contribution is 2.33. The molecule has 1 saturated heterocycles. The van der Waals surface area contributed by atoms with Gasteiger partial charge in [-0.2, -0.15) is 4.98 Å². The van der Waals surface area contributed by atoms with Gasteiger partial charge in [-0.25, -0.2) is 4.98 Å². The summed E-state index contributed by atoms with van der Waals surface area (Å²) in [5.41, 5.74) is 2.17. The minimum absolute atomic E-state index is 0.0146. The average molecular weight is 460 g/mol. The minimum Gasteiger partial charge on any atom is -0.353 e. The van der Waals surface area contributed by atoms with Crippen molar-refractivity contribution in [2.45, 2.75) is 33.0 Å². The van der Waals surface area contributed by atoms with Gasteiger partial charge in [0, 0.05) is 50.4 Å². The number of anilines is 2. The fraction of sp³-hybridized carbons (Fsp3) is 0.400. The predicted octanol–water partition coefficient (Wildman–Crippen LogP) is 2.30. The summed E-state index contributed by atoms with van der Waals surface area (Å²) in [6.45, 7) is 6.42. The Bertz CT molecular complexity index is 1280. The molecule has 0 radical (unpaired) electrons. The van der Waals surface area contributed by atoms with Gasteiger partial charge in [0.15, 0.2) is 0 Å². The monoisotopic (exact) mass is 459 g/mol. The van der Waals surface area contributed by atoms with Gasteiger partial charge >= 0.3 is 0 Å². The number of carbonyl (C=O) groups excluding carboxylic acids is 2. The summed E-state index contributed by atoms with van der Waals surface area (Å²) in [6.07, 6.45) is 1.88. The molecule has 9 heteroatoms. The molecule has 0 aliphatic carbocycles. The number of hydrogen-bond acceptors (Lipinski definition) is 7. The number of likely N-dealkylation sites (N-methyl/N-ethyl adjacent to an activating group) is 1. The standard InChI is InChI=1S/C25H29N7O2/c1-16(2)32-14-20-22(24(32)34)27-25(31-10-9-29(3)21(33)15-31)28-23(20)30(4)13-19-11-17-7-5-6-8-18(17)12-26-19/h5-8,11-12,16H,9-10,13-15H2,1-4H3. The summed E-state index contributed by atoms with van der Waals surface area (Å²) in [6, 6.07) is 10.3. The topological polar surface area (TPSA) is 85.8 Å². The molecule has 1 aromatic carbocycles. The fourth-order valence-electron chi connectivity index (χ4n) is 4.50. The molecule has 34 heavy (non-hydrogen) atoms. The highest BCUT2D eigenvalue weighted by molar-refractivity contribution is 5.98. The second kappa shape index (κ2) is 8.55. The zero-order chi connectivity index (χ0) is 24.0. The van der Waals surface area contributed by atoms with E-state index in [4.69, 9.17) is 4.98 Å². The molecule has 176 valence electrons. The first-order valence-corrected chi connectivity index (χ1v) is 11.6. The Balaban J connectivity index is 1.52. The molecule has 0 spiro atoms. The summed E-state index contributed by atoms with van der Waals surface area (Å²) in [4.78, 5) is 47.1. The summed E-state index contributed by atoms with van der Waals surface area (Å²) >= 11 is 0. The van der Waals surface area contributed by atoms with Gasteiger partial charge in [0.2, 0.25) is 11.9 Å². The van der Waals surface area contributed by atoms with E-state index in [2.05, 4.69) is 22.1 Å². The summed E-state index contributed by atoms with van der Waals surface area (Å²) in [5, 5.41) is 2.23. The largest absolute Gasteiger partial charge is 0.353 e. The van der Waals surface area contributed by atoms with Crippen LogP contribution in [0.15, 0.2) is 36.5 Å². The maximum absolute atomic E-state index is 13.2. The van der Waals surface area contributed by atoms with Crippen molar-refractivity contribution in [2.75, 3.05) is 43.5 Å². The quantitative estimate of drug-likeness (QED) is 0.579. The Kier molecular flexibility index (Phi) is 5.55. The number of aromatic nitrogens is 3. The van der Waals surface area contributed by atoms with Crippen LogP contribution in [0.2, 0.25) is 0 Å². The van der Waals surface area contributed by atoms with Gasteiger partial charge in [0.05, 0.1) is 25.3 Å². The van der Waals surface area contributed by atoms with Gasteiger partial charge in [-0.1, -0.05) is 24.3 Å². The number of rotatable bonds is 5. The number of carbonyl (C=O) groups is 2. The van der Waals surface area contributed by atoms with E-state index in [1.807, 2.05) is 60.0 Å². The van der Waals surface area contributed by atoms with E-state index in [0.29, 0.717) is 43.6 Å². The minimum atomic E-state index is -0.0902. The average Bonchev–Trinajstić information content (AvgIpc) is 3.17. The van der Waals surface area contributed by atoms with Crippen LogP contribution >= 0.6 is 0 Å². The molecule has 2 amide bonds. The molecule has 0 saturated carbocycles. The van der Waals surface area contributed by atoms with Gasteiger partial charge in [-0.05, 0) is 25.3 Å². The lowest BCUT2D eigenvalue weighted by atomic mass is 10.1. The van der Waals surface area contributed by atoms with Crippen LogP contribution in [0.5, 0.6) is 0 Å². The normalized spacial score (nSPS) is 16.1. The molecule has 0 N–H and O–H groups in total. The van der Waals surface area contributed by atoms with Crippen molar-refractivity contribution in [2.24, 2.45) is 0 Å². The van der Waals surface area contributed by atoms with Crippen LogP contribution in [0.25, 0.3) is 10.8 Å². The maximum atomic E-state index is 13.2. The zero-order valence-electron chi connectivity index (χ0n) is 20.0. The lowest BCUT2D eigenvalue weighted by Crippen LogP contribution is -2.49. The molecule has 2 aliphatic rings. The molecule has 0 atom stereocenters. The van der Waals surface area contributed by atoms with Crippen molar-refractivity contribution >= 4 is 34.4 Å². The third-order valence-electron chi connectivity index (χ3n) is 6.58. The van der Waals surface area contributed by atoms with E-state index >= 15 is 0 Å². The maximum Gasteiger partial charge on any atom is 0.273 e. The molecule has 5 rings (SSSR count). The zero-order valence-corrected chi connectivity index (χ0v) is 20.0. The van der Waals surface area contributed by atoms with Gasteiger partial charge in [0.25, 0.3) is 5.91 Å². The van der Waals surface area contributed by atoms with Crippen LogP contribution in [-0.4, -0.2) is 76.3 Å². The summed E-state index contributed by atoms with van der Waals surface area (Å²) in [5.74, 6) is 1.05. The molecule has 3 aromatic rings. The number of pyridine rings is 1. The van der Waals surface area contributed by atoms with E-state index in [1.54, 1.807) is 11.9 Å². The molecule has 2 aromatic heterocycles. The number of piperazine rings is 1. The van der Waals surface area contributed by atoms with Crippen molar-refractivity contribution in [1.82, 2.24) is 24.8 Å². The van der Waals surface area contributed by atoms with Crippen molar-refractivity contribution < 1.29 is 9.59 Å². The van der Waals surface area contributed by atoms with Crippen molar-refractivity contribution in [3.05, 3.63) is 53.5 Å². The van der Waals surface area contributed by atoms with Crippen LogP contribution in [0.3, 0.4) is 0 Å². The van der Waals surface area contributed by atoms with Crippen molar-refractivity contribution in [3.8, 4) is 0 Å². The Hall–Kier alpha value is -3.75. The van der Waals surface area contributed by atoms with Crippen LogP contribution in [0.4, 0.5) is 11.8 Å². The van der Waals surface area contributed by atoms with Gasteiger partial charge in [-0.15, -0.1) is 0 Å². The molecular formula is C25H29N7O2. The molecule has 2 aliphatic heterocycles. The number of hydrogen-bond donors (Lipinski definition) is 0. The molecular weight excluding hydrogens is 430 g/mol. The third-order valence-corrected chi connectivity index (χ3v) is 6.58. The van der Waals surface area contributed by atoms with Crippen LogP contribution < -0.4 is 9.80 Å². The van der Waals surface area contributed by atoms with E-state index < -0.39 is 0 Å². The van der Waals surface area contributed by atoms with E-state index in [0.717, 1.165) is 22.0 Å². The molecule has 0 unspecified atom stereocenters. The van der Waals surface area contributed by atoms with Gasteiger partial charge < -0.3 is 19.6 Å². The lowest BCUT2D eigenvalue weighted by molar-refractivity contribution is -0.129. The lowest BCUT2D eigenvalue weighted by Gasteiger charge is -2.32. The van der Waals surface area contributed by atoms with Crippen molar-refractivity contribution in [1.29, 1.82) is 0 Å². The third kappa shape index (κ3) is 3.91. The first kappa shape index (κ1) is 22.1. The van der Waals surface area contributed by atoms with Gasteiger partial charge in [-0.3, -0.25) is 14.6 Å². The first-order chi connectivity index (χ1) is 16.3. The van der Waals surface area contributed by atoms with Crippen LogP contribution in [0, 0.1) is 0 Å². The number of amides is 2. The highest BCUT2D eigenvalue weighted by Gasteiger charge is 2.36. The second-order valence-electron chi connectivity index (χ2n) is 9.32.